The Kier molecular flexibility index (Phi) is 2.95. The molecular formula is C12H7N5. The molecule has 2 aromatic rings. The molecule has 1 heterocycles. The Hall–Kier alpha value is -2.92. The minimum Gasteiger partial charge on any atom is -0.276 e. The lowest BCUT2D eigenvalue weighted by Gasteiger charge is -2.03. The zero-order chi connectivity index (χ0) is 12.1. The molecular weight excluding hydrogens is 214 g/mol. The average Bonchev–Trinajstić information content (AvgIpc) is 2.40. The summed E-state index contributed by atoms with van der Waals surface area (Å²) in [6.07, 6.45) is 1.70. The molecule has 0 bridgehead atoms. The molecule has 1 aromatic carbocycles. The number of pyridine rings is 1. The Balaban J connectivity index is 2.41. The van der Waals surface area contributed by atoms with Crippen LogP contribution >= 0.6 is 0 Å². The van der Waals surface area contributed by atoms with Crippen molar-refractivity contribution in [1.29, 1.82) is 10.5 Å². The summed E-state index contributed by atoms with van der Waals surface area (Å²) in [5.74, 6) is 0. The number of aromatic nitrogens is 1. The monoisotopic (exact) mass is 221 g/mol. The van der Waals surface area contributed by atoms with Crippen molar-refractivity contribution in [2.24, 2.45) is 5.10 Å². The Labute approximate surface area is 97.6 Å². The normalized spacial score (nSPS) is 9.06. The van der Waals surface area contributed by atoms with Gasteiger partial charge in [0, 0.05) is 11.6 Å². The van der Waals surface area contributed by atoms with E-state index in [1.54, 1.807) is 24.4 Å². The fourth-order valence-electron chi connectivity index (χ4n) is 1.39. The maximum atomic E-state index is 8.56. The second-order valence-corrected chi connectivity index (χ2v) is 3.17. The van der Waals surface area contributed by atoms with Crippen molar-refractivity contribution >= 4 is 22.3 Å². The van der Waals surface area contributed by atoms with Crippen LogP contribution in [0.25, 0.3) is 10.9 Å². The van der Waals surface area contributed by atoms with Gasteiger partial charge < -0.3 is 0 Å². The third-order valence-corrected chi connectivity index (χ3v) is 2.15. The minimum atomic E-state index is -0.217. The van der Waals surface area contributed by atoms with Gasteiger partial charge in [0.15, 0.2) is 0 Å². The van der Waals surface area contributed by atoms with Crippen molar-refractivity contribution in [3.63, 3.8) is 0 Å². The number of fused-ring (bicyclic) bond motifs is 1. The van der Waals surface area contributed by atoms with Gasteiger partial charge in [-0.15, -0.1) is 0 Å². The van der Waals surface area contributed by atoms with Gasteiger partial charge in [-0.3, -0.25) is 10.4 Å². The molecule has 0 atom stereocenters. The molecule has 1 N–H and O–H groups in total. The van der Waals surface area contributed by atoms with E-state index in [0.29, 0.717) is 5.69 Å². The van der Waals surface area contributed by atoms with Crippen molar-refractivity contribution < 1.29 is 0 Å². The van der Waals surface area contributed by atoms with Gasteiger partial charge in [-0.05, 0) is 24.3 Å². The first kappa shape index (κ1) is 10.6. The largest absolute Gasteiger partial charge is 0.276 e. The van der Waals surface area contributed by atoms with E-state index in [1.165, 1.54) is 0 Å². The molecule has 2 rings (SSSR count). The van der Waals surface area contributed by atoms with Crippen LogP contribution in [0.3, 0.4) is 0 Å². The van der Waals surface area contributed by atoms with E-state index >= 15 is 0 Å². The van der Waals surface area contributed by atoms with Crippen LogP contribution in [-0.4, -0.2) is 10.7 Å². The standard InChI is InChI=1S/C12H7N5/c13-7-9(8-14)16-17-12-5-1-4-11-10(12)3-2-6-15-11/h1-6,17H. The van der Waals surface area contributed by atoms with Crippen LogP contribution in [0.4, 0.5) is 5.69 Å². The molecule has 5 heteroatoms. The van der Waals surface area contributed by atoms with Crippen LogP contribution in [0.5, 0.6) is 0 Å². The maximum Gasteiger partial charge on any atom is 0.237 e. The molecule has 0 unspecified atom stereocenters. The van der Waals surface area contributed by atoms with Crippen LogP contribution in [-0.2, 0) is 0 Å². The lowest BCUT2D eigenvalue weighted by molar-refractivity contribution is 1.34. The van der Waals surface area contributed by atoms with Crippen LogP contribution in [0.15, 0.2) is 41.6 Å². The molecule has 0 saturated carbocycles. The SMILES string of the molecule is N#CC(C#N)=NNc1cccc2ncccc12. The van der Waals surface area contributed by atoms with E-state index in [1.807, 2.05) is 24.3 Å². The second kappa shape index (κ2) is 4.73. The molecule has 0 saturated heterocycles. The van der Waals surface area contributed by atoms with E-state index in [2.05, 4.69) is 15.5 Å². The molecule has 80 valence electrons. The maximum absolute atomic E-state index is 8.56. The van der Waals surface area contributed by atoms with Gasteiger partial charge in [0.1, 0.15) is 12.1 Å². The Morgan fingerprint density at radius 2 is 2.00 bits per heavy atom. The lowest BCUT2D eigenvalue weighted by Crippen LogP contribution is -1.97. The quantitative estimate of drug-likeness (QED) is 0.621. The number of anilines is 1. The van der Waals surface area contributed by atoms with Gasteiger partial charge in [0.05, 0.1) is 11.2 Å². The Bertz CT molecular complexity index is 639. The first-order valence-corrected chi connectivity index (χ1v) is 4.83. The zero-order valence-electron chi connectivity index (χ0n) is 8.75. The highest BCUT2D eigenvalue weighted by Gasteiger charge is 2.00. The third kappa shape index (κ3) is 2.19. The van der Waals surface area contributed by atoms with E-state index in [4.69, 9.17) is 10.5 Å². The summed E-state index contributed by atoms with van der Waals surface area (Å²) in [6, 6.07) is 12.6. The summed E-state index contributed by atoms with van der Waals surface area (Å²) in [5, 5.41) is 21.7. The first-order valence-electron chi connectivity index (χ1n) is 4.83. The number of hydrogen-bond donors (Lipinski definition) is 1. The van der Waals surface area contributed by atoms with Crippen LogP contribution in [0, 0.1) is 22.7 Å². The van der Waals surface area contributed by atoms with Gasteiger partial charge >= 0.3 is 0 Å². The topological polar surface area (TPSA) is 84.9 Å². The predicted octanol–water partition coefficient (Wildman–Crippen LogP) is 2.05. The average molecular weight is 221 g/mol. The molecule has 0 aliphatic rings. The number of hydrogen-bond acceptors (Lipinski definition) is 5. The zero-order valence-corrected chi connectivity index (χ0v) is 8.75. The number of hydrazone groups is 1. The second-order valence-electron chi connectivity index (χ2n) is 3.17. The van der Waals surface area contributed by atoms with E-state index in [9.17, 15) is 0 Å². The smallest absolute Gasteiger partial charge is 0.237 e. The number of nitriles is 2. The fourth-order valence-corrected chi connectivity index (χ4v) is 1.39. The summed E-state index contributed by atoms with van der Waals surface area (Å²) in [5.41, 5.74) is 4.01. The van der Waals surface area contributed by atoms with Gasteiger partial charge in [-0.25, -0.2) is 0 Å². The van der Waals surface area contributed by atoms with Gasteiger partial charge in [-0.1, -0.05) is 6.07 Å². The summed E-state index contributed by atoms with van der Waals surface area (Å²) >= 11 is 0. The van der Waals surface area contributed by atoms with Crippen molar-refractivity contribution in [3.8, 4) is 12.1 Å². The third-order valence-electron chi connectivity index (χ3n) is 2.15. The van der Waals surface area contributed by atoms with Crippen molar-refractivity contribution in [2.75, 3.05) is 5.43 Å². The number of benzene rings is 1. The van der Waals surface area contributed by atoms with E-state index < -0.39 is 0 Å². The summed E-state index contributed by atoms with van der Waals surface area (Å²) < 4.78 is 0. The molecule has 0 spiro atoms. The van der Waals surface area contributed by atoms with Crippen molar-refractivity contribution in [2.45, 2.75) is 0 Å². The molecule has 0 aliphatic heterocycles. The summed E-state index contributed by atoms with van der Waals surface area (Å²) in [6.45, 7) is 0. The van der Waals surface area contributed by atoms with Crippen LogP contribution in [0.2, 0.25) is 0 Å². The number of nitrogens with one attached hydrogen (secondary N) is 1. The van der Waals surface area contributed by atoms with Gasteiger partial charge in [0.25, 0.3) is 0 Å². The van der Waals surface area contributed by atoms with Crippen LogP contribution < -0.4 is 5.43 Å². The molecule has 0 amide bonds. The Morgan fingerprint density at radius 3 is 2.76 bits per heavy atom. The summed E-state index contributed by atoms with van der Waals surface area (Å²) in [7, 11) is 0. The minimum absolute atomic E-state index is 0.217. The van der Waals surface area contributed by atoms with E-state index in [0.717, 1.165) is 10.9 Å². The van der Waals surface area contributed by atoms with Crippen LogP contribution in [0.1, 0.15) is 0 Å². The number of rotatable bonds is 2. The molecule has 0 radical (unpaired) electrons. The number of nitrogens with zero attached hydrogens (tertiary/aromatic N) is 4. The fraction of sp³-hybridized carbons (Fsp3) is 0. The Morgan fingerprint density at radius 1 is 1.18 bits per heavy atom. The first-order chi connectivity index (χ1) is 8.35. The van der Waals surface area contributed by atoms with Gasteiger partial charge in [-0.2, -0.15) is 15.6 Å². The summed E-state index contributed by atoms with van der Waals surface area (Å²) in [4.78, 5) is 4.19. The molecule has 1 aromatic heterocycles. The van der Waals surface area contributed by atoms with Crippen molar-refractivity contribution in [3.05, 3.63) is 36.5 Å². The van der Waals surface area contributed by atoms with E-state index in [-0.39, 0.29) is 5.71 Å². The molecule has 0 fully saturated rings. The lowest BCUT2D eigenvalue weighted by atomic mass is 10.2. The highest BCUT2D eigenvalue weighted by Crippen LogP contribution is 2.20. The highest BCUT2D eigenvalue weighted by molar-refractivity contribution is 6.10. The predicted molar refractivity (Wildman–Crippen MR) is 64.0 cm³/mol. The van der Waals surface area contributed by atoms with Gasteiger partial charge in [0.2, 0.25) is 5.71 Å². The highest BCUT2D eigenvalue weighted by atomic mass is 15.3. The molecule has 17 heavy (non-hydrogen) atoms. The van der Waals surface area contributed by atoms with Crippen molar-refractivity contribution in [1.82, 2.24) is 4.98 Å². The molecule has 5 nitrogen and oxygen atoms in total. The molecule has 0 aliphatic carbocycles.